The van der Waals surface area contributed by atoms with E-state index in [0.29, 0.717) is 29.6 Å². The zero-order valence-electron chi connectivity index (χ0n) is 12.9. The predicted octanol–water partition coefficient (Wildman–Crippen LogP) is 1.45. The van der Waals surface area contributed by atoms with Crippen LogP contribution in [-0.4, -0.2) is 56.2 Å². The summed E-state index contributed by atoms with van der Waals surface area (Å²) in [6.07, 6.45) is 0.436. The Balaban J connectivity index is 1.64. The fraction of sp³-hybridized carbons (Fsp3) is 0.429. The Hall–Kier alpha value is -1.71. The molecule has 0 aromatic carbocycles. The summed E-state index contributed by atoms with van der Waals surface area (Å²) in [6, 6.07) is 6.93. The summed E-state index contributed by atoms with van der Waals surface area (Å²) in [7, 11) is 0.358. The van der Waals surface area contributed by atoms with Crippen molar-refractivity contribution in [2.45, 2.75) is 16.7 Å². The average Bonchev–Trinajstić information content (AvgIpc) is 3.19. The second-order valence-corrected chi connectivity index (χ2v) is 8.56. The lowest BCUT2D eigenvalue weighted by Crippen LogP contribution is -2.30. The molecule has 3 heterocycles. The molecule has 1 aliphatic heterocycles. The van der Waals surface area contributed by atoms with Gasteiger partial charge in [-0.05, 0) is 23.9 Å². The Morgan fingerprint density at radius 2 is 2.13 bits per heavy atom. The second kappa shape index (κ2) is 6.42. The highest BCUT2D eigenvalue weighted by Gasteiger charge is 2.34. The third kappa shape index (κ3) is 3.46. The van der Waals surface area contributed by atoms with E-state index < -0.39 is 10.0 Å². The highest BCUT2D eigenvalue weighted by atomic mass is 32.2. The summed E-state index contributed by atoms with van der Waals surface area (Å²) >= 11 is 1.23. The van der Waals surface area contributed by atoms with E-state index in [1.165, 1.54) is 15.6 Å². The van der Waals surface area contributed by atoms with Crippen LogP contribution in [0.1, 0.15) is 6.42 Å². The smallest absolute Gasteiger partial charge is 0.252 e. The molecule has 1 aliphatic rings. The van der Waals surface area contributed by atoms with Gasteiger partial charge in [-0.2, -0.15) is 4.31 Å². The van der Waals surface area contributed by atoms with Crippen molar-refractivity contribution in [3.63, 3.8) is 0 Å². The van der Waals surface area contributed by atoms with Gasteiger partial charge < -0.3 is 9.64 Å². The topological polar surface area (TPSA) is 75.6 Å². The lowest BCUT2D eigenvalue weighted by Gasteiger charge is -2.16. The maximum absolute atomic E-state index is 12.5. The third-order valence-electron chi connectivity index (χ3n) is 3.57. The normalized spacial score (nSPS) is 19.0. The molecule has 0 spiro atoms. The minimum Gasteiger partial charge on any atom is -0.472 e. The van der Waals surface area contributed by atoms with Gasteiger partial charge >= 0.3 is 0 Å². The van der Waals surface area contributed by atoms with E-state index in [0.717, 1.165) is 5.82 Å². The maximum Gasteiger partial charge on any atom is 0.252 e. The molecule has 124 valence electrons. The van der Waals surface area contributed by atoms with Gasteiger partial charge in [0, 0.05) is 26.7 Å². The molecule has 2 aromatic rings. The molecular formula is C14H18N4O3S2. The monoisotopic (exact) mass is 354 g/mol. The lowest BCUT2D eigenvalue weighted by atomic mass is 10.3. The molecule has 0 aliphatic carbocycles. The number of aromatic nitrogens is 2. The molecule has 1 saturated heterocycles. The van der Waals surface area contributed by atoms with E-state index in [9.17, 15) is 8.42 Å². The fourth-order valence-electron chi connectivity index (χ4n) is 2.33. The summed E-state index contributed by atoms with van der Waals surface area (Å²) in [4.78, 5) is 1.85. The lowest BCUT2D eigenvalue weighted by molar-refractivity contribution is 0.205. The Labute approximate surface area is 139 Å². The average molecular weight is 354 g/mol. The molecule has 1 atom stereocenters. The minimum absolute atomic E-state index is 0.204. The third-order valence-corrected chi connectivity index (χ3v) is 6.81. The van der Waals surface area contributed by atoms with Gasteiger partial charge in [-0.15, -0.1) is 21.5 Å². The molecule has 0 amide bonds. The molecule has 2 aromatic heterocycles. The zero-order chi connectivity index (χ0) is 16.4. The standard InChI is InChI=1S/C14H18N4O3S2/c1-17(2)12-5-6-13(16-15-12)21-11-7-8-18(10-11)23(19,20)14-4-3-9-22-14/h3-6,9,11H,7-8,10H2,1-2H3. The van der Waals surface area contributed by atoms with Crippen molar-refractivity contribution in [1.29, 1.82) is 0 Å². The van der Waals surface area contributed by atoms with E-state index in [1.54, 1.807) is 23.6 Å². The molecule has 0 radical (unpaired) electrons. The number of hydrogen-bond acceptors (Lipinski definition) is 7. The van der Waals surface area contributed by atoms with Crippen LogP contribution < -0.4 is 9.64 Å². The molecule has 0 saturated carbocycles. The first-order valence-electron chi connectivity index (χ1n) is 7.18. The van der Waals surface area contributed by atoms with Crippen LogP contribution in [-0.2, 0) is 10.0 Å². The van der Waals surface area contributed by atoms with Gasteiger partial charge in [0.1, 0.15) is 10.3 Å². The van der Waals surface area contributed by atoms with Crippen molar-refractivity contribution in [2.75, 3.05) is 32.1 Å². The molecule has 3 rings (SSSR count). The molecule has 9 heteroatoms. The second-order valence-electron chi connectivity index (χ2n) is 5.45. The molecule has 0 bridgehead atoms. The Bertz CT molecular complexity index is 745. The molecule has 7 nitrogen and oxygen atoms in total. The Morgan fingerprint density at radius 1 is 1.30 bits per heavy atom. The molecule has 0 N–H and O–H groups in total. The van der Waals surface area contributed by atoms with Crippen LogP contribution in [0.4, 0.5) is 5.82 Å². The molecule has 1 fully saturated rings. The summed E-state index contributed by atoms with van der Waals surface area (Å²) in [5.74, 6) is 1.15. The van der Waals surface area contributed by atoms with E-state index in [4.69, 9.17) is 4.74 Å². The Kier molecular flexibility index (Phi) is 4.51. The van der Waals surface area contributed by atoms with E-state index >= 15 is 0 Å². The zero-order valence-corrected chi connectivity index (χ0v) is 14.5. The number of hydrogen-bond donors (Lipinski definition) is 0. The Morgan fingerprint density at radius 3 is 2.74 bits per heavy atom. The summed E-state index contributed by atoms with van der Waals surface area (Å²) in [6.45, 7) is 0.783. The summed E-state index contributed by atoms with van der Waals surface area (Å²) < 4.78 is 32.5. The van der Waals surface area contributed by atoms with Crippen molar-refractivity contribution in [3.8, 4) is 5.88 Å². The summed E-state index contributed by atoms with van der Waals surface area (Å²) in [5, 5.41) is 9.83. The van der Waals surface area contributed by atoms with Crippen molar-refractivity contribution < 1.29 is 13.2 Å². The van der Waals surface area contributed by atoms with Gasteiger partial charge in [0.15, 0.2) is 5.82 Å². The van der Waals surface area contributed by atoms with Gasteiger partial charge in [-0.3, -0.25) is 0 Å². The van der Waals surface area contributed by atoms with Crippen LogP contribution in [0, 0.1) is 0 Å². The van der Waals surface area contributed by atoms with Crippen LogP contribution in [0.25, 0.3) is 0 Å². The van der Waals surface area contributed by atoms with Crippen molar-refractivity contribution >= 4 is 27.2 Å². The largest absolute Gasteiger partial charge is 0.472 e. The van der Waals surface area contributed by atoms with Gasteiger partial charge in [0.2, 0.25) is 5.88 Å². The van der Waals surface area contributed by atoms with Gasteiger partial charge in [-0.1, -0.05) is 6.07 Å². The van der Waals surface area contributed by atoms with Gasteiger partial charge in [0.25, 0.3) is 10.0 Å². The van der Waals surface area contributed by atoms with Crippen LogP contribution >= 0.6 is 11.3 Å². The molecular weight excluding hydrogens is 336 g/mol. The number of rotatable bonds is 5. The fourth-order valence-corrected chi connectivity index (χ4v) is 4.97. The quantitative estimate of drug-likeness (QED) is 0.809. The number of nitrogens with zero attached hydrogens (tertiary/aromatic N) is 4. The minimum atomic E-state index is -3.41. The van der Waals surface area contributed by atoms with Crippen molar-refractivity contribution in [2.24, 2.45) is 0 Å². The van der Waals surface area contributed by atoms with E-state index in [1.807, 2.05) is 25.1 Å². The highest BCUT2D eigenvalue weighted by molar-refractivity contribution is 7.91. The number of ether oxygens (including phenoxy) is 1. The summed E-state index contributed by atoms with van der Waals surface area (Å²) in [5.41, 5.74) is 0. The van der Waals surface area contributed by atoms with E-state index in [-0.39, 0.29) is 6.10 Å². The first-order valence-corrected chi connectivity index (χ1v) is 9.50. The van der Waals surface area contributed by atoms with E-state index in [2.05, 4.69) is 10.2 Å². The first-order chi connectivity index (χ1) is 11.0. The van der Waals surface area contributed by atoms with Crippen LogP contribution in [0.15, 0.2) is 33.9 Å². The van der Waals surface area contributed by atoms with Gasteiger partial charge in [-0.25, -0.2) is 8.42 Å². The van der Waals surface area contributed by atoms with Crippen molar-refractivity contribution in [1.82, 2.24) is 14.5 Å². The number of sulfonamides is 1. The molecule has 23 heavy (non-hydrogen) atoms. The van der Waals surface area contributed by atoms with Crippen LogP contribution in [0.2, 0.25) is 0 Å². The maximum atomic E-state index is 12.5. The van der Waals surface area contributed by atoms with Crippen LogP contribution in [0.5, 0.6) is 5.88 Å². The van der Waals surface area contributed by atoms with Crippen LogP contribution in [0.3, 0.4) is 0 Å². The number of thiophene rings is 1. The predicted molar refractivity (Wildman–Crippen MR) is 88.5 cm³/mol. The molecule has 1 unspecified atom stereocenters. The van der Waals surface area contributed by atoms with Gasteiger partial charge in [0.05, 0.1) is 6.54 Å². The number of anilines is 1. The highest BCUT2D eigenvalue weighted by Crippen LogP contribution is 2.26. The first kappa shape index (κ1) is 16.2. The van der Waals surface area contributed by atoms with Crippen molar-refractivity contribution in [3.05, 3.63) is 29.6 Å². The SMILES string of the molecule is CN(C)c1ccc(OC2CCN(S(=O)(=O)c3cccs3)C2)nn1.